The molecule has 41 heavy (non-hydrogen) atoms. The van der Waals surface area contributed by atoms with Crippen molar-refractivity contribution in [2.45, 2.75) is 56.6 Å². The highest BCUT2D eigenvalue weighted by Crippen LogP contribution is 2.31. The van der Waals surface area contributed by atoms with Crippen LogP contribution in [0.4, 0.5) is 0 Å². The van der Waals surface area contributed by atoms with Crippen molar-refractivity contribution in [2.24, 2.45) is 0 Å². The first kappa shape index (κ1) is 30.6. The Hall–Kier alpha value is -3.40. The van der Waals surface area contributed by atoms with Gasteiger partial charge in [-0.05, 0) is 43.2 Å². The van der Waals surface area contributed by atoms with Crippen LogP contribution in [0.25, 0.3) is 0 Å². The quantitative estimate of drug-likeness (QED) is 0.324. The van der Waals surface area contributed by atoms with Gasteiger partial charge in [0.1, 0.15) is 10.9 Å². The molecule has 3 aromatic rings. The predicted octanol–water partition coefficient (Wildman–Crippen LogP) is 5.08. The monoisotopic (exact) mass is 615 g/mol. The van der Waals surface area contributed by atoms with E-state index in [4.69, 9.17) is 23.2 Å². The molecular weight excluding hydrogens is 585 g/mol. The Morgan fingerprint density at radius 1 is 0.951 bits per heavy atom. The summed E-state index contributed by atoms with van der Waals surface area (Å²) < 4.78 is 26.9. The number of nitrogens with one attached hydrogen (secondary N) is 1. The first-order chi connectivity index (χ1) is 19.5. The Labute approximate surface area is 250 Å². The first-order valence-electron chi connectivity index (χ1n) is 13.3. The number of fused-ring (bicyclic) bond motifs is 1. The van der Waals surface area contributed by atoms with E-state index in [-0.39, 0.29) is 48.3 Å². The second-order valence-corrected chi connectivity index (χ2v) is 12.5. The number of hydrogen-bond acceptors (Lipinski definition) is 5. The molecule has 0 fully saturated rings. The maximum atomic E-state index is 13.9. The number of carbonyl (C=O) groups excluding carboxylic acids is 3. The van der Waals surface area contributed by atoms with Crippen LogP contribution in [-0.4, -0.2) is 54.0 Å². The van der Waals surface area contributed by atoms with Crippen molar-refractivity contribution >= 4 is 50.9 Å². The third kappa shape index (κ3) is 6.74. The van der Waals surface area contributed by atoms with Crippen molar-refractivity contribution in [3.8, 4) is 0 Å². The van der Waals surface area contributed by atoms with Crippen LogP contribution in [0.15, 0.2) is 77.7 Å². The van der Waals surface area contributed by atoms with Crippen molar-refractivity contribution in [3.63, 3.8) is 0 Å². The number of carbonyl (C=O) groups is 3. The van der Waals surface area contributed by atoms with E-state index in [1.54, 1.807) is 24.3 Å². The number of halogens is 2. The minimum atomic E-state index is -4.10. The standard InChI is InChI=1S/C30H31Cl2N3O5S/c1-3-20(2)33-29(37)26(18-21-10-5-4-6-11-21)34(19-23-24(31)13-9-14-25(23)32)28(36)16-17-35-30(38)22-12-7-8-15-27(22)41(35,39)40/h4-15,20,26H,3,16-19H2,1-2H3,(H,33,37)/t20-,26-/m1/s1. The zero-order valence-electron chi connectivity index (χ0n) is 22.7. The molecule has 1 aliphatic heterocycles. The lowest BCUT2D eigenvalue weighted by atomic mass is 10.0. The molecule has 0 bridgehead atoms. The molecule has 0 aliphatic carbocycles. The fourth-order valence-corrected chi connectivity index (χ4v) is 6.73. The summed E-state index contributed by atoms with van der Waals surface area (Å²) in [6.45, 7) is 3.33. The summed E-state index contributed by atoms with van der Waals surface area (Å²) in [4.78, 5) is 41.8. The molecule has 0 radical (unpaired) electrons. The molecule has 1 N–H and O–H groups in total. The molecule has 0 spiro atoms. The van der Waals surface area contributed by atoms with Gasteiger partial charge in [-0.15, -0.1) is 0 Å². The average Bonchev–Trinajstić information content (AvgIpc) is 3.15. The molecular formula is C30H31Cl2N3O5S. The topological polar surface area (TPSA) is 104 Å². The van der Waals surface area contributed by atoms with Gasteiger partial charge in [0.15, 0.2) is 0 Å². The van der Waals surface area contributed by atoms with E-state index < -0.39 is 27.9 Å². The van der Waals surface area contributed by atoms with Gasteiger partial charge in [0, 0.05) is 47.6 Å². The lowest BCUT2D eigenvalue weighted by Gasteiger charge is -2.33. The molecule has 0 aromatic heterocycles. The van der Waals surface area contributed by atoms with Gasteiger partial charge < -0.3 is 10.2 Å². The summed E-state index contributed by atoms with van der Waals surface area (Å²) in [5.41, 5.74) is 1.35. The van der Waals surface area contributed by atoms with Gasteiger partial charge in [-0.2, -0.15) is 0 Å². The summed E-state index contributed by atoms with van der Waals surface area (Å²) in [5, 5.41) is 3.62. The molecule has 0 unspecified atom stereocenters. The number of benzene rings is 3. The van der Waals surface area contributed by atoms with Crippen LogP contribution >= 0.6 is 23.2 Å². The Morgan fingerprint density at radius 3 is 2.22 bits per heavy atom. The van der Waals surface area contributed by atoms with Gasteiger partial charge in [-0.1, -0.05) is 78.7 Å². The zero-order valence-corrected chi connectivity index (χ0v) is 25.0. The number of rotatable bonds is 11. The lowest BCUT2D eigenvalue weighted by molar-refractivity contribution is -0.141. The molecule has 1 heterocycles. The van der Waals surface area contributed by atoms with Crippen LogP contribution in [0.3, 0.4) is 0 Å². The molecule has 4 rings (SSSR count). The van der Waals surface area contributed by atoms with Gasteiger partial charge in [0.2, 0.25) is 11.8 Å². The predicted molar refractivity (Wildman–Crippen MR) is 158 cm³/mol. The molecule has 0 saturated heterocycles. The Bertz CT molecular complexity index is 1530. The second kappa shape index (κ2) is 13.1. The van der Waals surface area contributed by atoms with E-state index in [1.165, 1.54) is 23.1 Å². The van der Waals surface area contributed by atoms with Crippen molar-refractivity contribution in [1.82, 2.24) is 14.5 Å². The van der Waals surface area contributed by atoms with Crippen LogP contribution in [0.5, 0.6) is 0 Å². The highest BCUT2D eigenvalue weighted by molar-refractivity contribution is 7.90. The first-order valence-corrected chi connectivity index (χ1v) is 15.5. The highest BCUT2D eigenvalue weighted by Gasteiger charge is 2.41. The van der Waals surface area contributed by atoms with Gasteiger partial charge in [-0.25, -0.2) is 12.7 Å². The van der Waals surface area contributed by atoms with E-state index in [0.29, 0.717) is 26.3 Å². The summed E-state index contributed by atoms with van der Waals surface area (Å²) in [6, 6.07) is 19.1. The Balaban J connectivity index is 1.68. The van der Waals surface area contributed by atoms with Crippen LogP contribution in [0, 0.1) is 0 Å². The number of nitrogens with zero attached hydrogens (tertiary/aromatic N) is 2. The van der Waals surface area contributed by atoms with Crippen molar-refractivity contribution in [1.29, 1.82) is 0 Å². The molecule has 216 valence electrons. The molecule has 3 amide bonds. The molecule has 1 aliphatic rings. The van der Waals surface area contributed by atoms with Gasteiger partial charge in [0.25, 0.3) is 15.9 Å². The average molecular weight is 617 g/mol. The van der Waals surface area contributed by atoms with Crippen LogP contribution < -0.4 is 5.32 Å². The maximum Gasteiger partial charge on any atom is 0.269 e. The van der Waals surface area contributed by atoms with Crippen molar-refractivity contribution < 1.29 is 22.8 Å². The van der Waals surface area contributed by atoms with Crippen molar-refractivity contribution in [2.75, 3.05) is 6.54 Å². The number of sulfonamides is 1. The Morgan fingerprint density at radius 2 is 1.59 bits per heavy atom. The molecule has 11 heteroatoms. The molecule has 2 atom stereocenters. The molecule has 0 saturated carbocycles. The van der Waals surface area contributed by atoms with E-state index in [2.05, 4.69) is 5.32 Å². The van der Waals surface area contributed by atoms with Gasteiger partial charge >= 0.3 is 0 Å². The minimum absolute atomic E-state index is 0.0644. The summed E-state index contributed by atoms with van der Waals surface area (Å²) in [6.07, 6.45) is 0.538. The third-order valence-corrected chi connectivity index (χ3v) is 9.65. The second-order valence-electron chi connectivity index (χ2n) is 9.87. The van der Waals surface area contributed by atoms with Crippen LogP contribution in [0.1, 0.15) is 48.2 Å². The van der Waals surface area contributed by atoms with E-state index in [1.807, 2.05) is 44.2 Å². The molecule has 8 nitrogen and oxygen atoms in total. The van der Waals surface area contributed by atoms with Crippen LogP contribution in [0.2, 0.25) is 10.0 Å². The summed E-state index contributed by atoms with van der Waals surface area (Å²) in [5.74, 6) is -1.58. The van der Waals surface area contributed by atoms with Gasteiger partial charge in [0.05, 0.1) is 5.56 Å². The third-order valence-electron chi connectivity index (χ3n) is 7.10. The zero-order chi connectivity index (χ0) is 29.7. The minimum Gasteiger partial charge on any atom is -0.352 e. The lowest BCUT2D eigenvalue weighted by Crippen LogP contribution is -2.52. The Kier molecular flexibility index (Phi) is 9.73. The maximum absolute atomic E-state index is 13.9. The number of hydrogen-bond donors (Lipinski definition) is 1. The normalized spacial score (nSPS) is 15.2. The molecule has 3 aromatic carbocycles. The van der Waals surface area contributed by atoms with E-state index >= 15 is 0 Å². The largest absolute Gasteiger partial charge is 0.352 e. The van der Waals surface area contributed by atoms with E-state index in [9.17, 15) is 22.8 Å². The summed E-state index contributed by atoms with van der Waals surface area (Å²) in [7, 11) is -4.10. The smallest absolute Gasteiger partial charge is 0.269 e. The van der Waals surface area contributed by atoms with Crippen LogP contribution in [-0.2, 0) is 32.6 Å². The van der Waals surface area contributed by atoms with E-state index in [0.717, 1.165) is 5.56 Å². The SMILES string of the molecule is CC[C@@H](C)NC(=O)[C@@H](Cc1ccccc1)N(Cc1c(Cl)cccc1Cl)C(=O)CCN1C(=O)c2ccccc2S1(=O)=O. The summed E-state index contributed by atoms with van der Waals surface area (Å²) >= 11 is 12.9. The van der Waals surface area contributed by atoms with Crippen molar-refractivity contribution in [3.05, 3.63) is 99.5 Å². The van der Waals surface area contributed by atoms with Gasteiger partial charge in [-0.3, -0.25) is 14.4 Å². The fourth-order valence-electron chi connectivity index (χ4n) is 4.64. The fraction of sp³-hybridized carbons (Fsp3) is 0.300. The number of amides is 3. The highest BCUT2D eigenvalue weighted by atomic mass is 35.5.